The second-order valence-corrected chi connectivity index (χ2v) is 3.49. The maximum Gasteiger partial charge on any atom is 0.466 e. The van der Waals surface area contributed by atoms with Crippen molar-refractivity contribution in [3.05, 3.63) is 34.4 Å². The topological polar surface area (TPSA) is 159 Å². The highest BCUT2D eigenvalue weighted by Crippen LogP contribution is 2.25. The van der Waals surface area contributed by atoms with Gasteiger partial charge < -0.3 is 20.1 Å². The van der Waals surface area contributed by atoms with Gasteiger partial charge in [-0.1, -0.05) is 0 Å². The molecule has 0 aliphatic carbocycles. The highest BCUT2D eigenvalue weighted by Gasteiger charge is 2.02. The average molecular weight is 251 g/mol. The van der Waals surface area contributed by atoms with E-state index >= 15 is 0 Å². The zero-order valence-electron chi connectivity index (χ0n) is 7.85. The predicted octanol–water partition coefficient (Wildman–Crippen LogP) is -0.0482. The molecule has 0 saturated heterocycles. The molecule has 0 aromatic heterocycles. The summed E-state index contributed by atoms with van der Waals surface area (Å²) in [6, 6.07) is 5.85. The van der Waals surface area contributed by atoms with Gasteiger partial charge in [-0.25, -0.2) is 4.57 Å². The summed E-state index contributed by atoms with van der Waals surface area (Å²) in [6.07, 6.45) is 0. The largest absolute Gasteiger partial charge is 0.466 e. The summed E-state index contributed by atoms with van der Waals surface area (Å²) in [6.45, 7) is 0. The number of nitrogens with zero attached hydrogens (tertiary/aromatic N) is 1. The third-order valence-corrected chi connectivity index (χ3v) is 1.24. The van der Waals surface area contributed by atoms with Crippen molar-refractivity contribution in [3.8, 4) is 0 Å². The van der Waals surface area contributed by atoms with Crippen LogP contribution in [0.15, 0.2) is 24.3 Å². The molecule has 0 aliphatic rings. The molecule has 0 radical (unpaired) electrons. The maximum absolute atomic E-state index is 10.2. The fraction of sp³-hybridized carbons (Fsp3) is 0. The minimum atomic E-state index is -4.64. The molecule has 0 heterocycles. The zero-order chi connectivity index (χ0) is 12.8. The van der Waals surface area contributed by atoms with Crippen molar-refractivity contribution in [2.24, 2.45) is 5.84 Å². The number of nitrogens with one attached hydrogen (secondary N) is 1. The molecular formula is C6H10N3O6P. The minimum absolute atomic E-state index is 0.0593. The number of nitro benzene ring substituents is 1. The average Bonchev–Trinajstić information content (AvgIpc) is 2.15. The van der Waals surface area contributed by atoms with Gasteiger partial charge in [0.1, 0.15) is 0 Å². The van der Waals surface area contributed by atoms with Crippen molar-refractivity contribution < 1.29 is 24.2 Å². The lowest BCUT2D eigenvalue weighted by molar-refractivity contribution is -0.384. The number of benzene rings is 1. The normalized spacial score (nSPS) is 10.0. The molecule has 0 amide bonds. The van der Waals surface area contributed by atoms with Crippen molar-refractivity contribution in [1.82, 2.24) is 0 Å². The first-order valence-electron chi connectivity index (χ1n) is 3.73. The minimum Gasteiger partial charge on any atom is -0.324 e. The Balaban J connectivity index is 0.000000385. The van der Waals surface area contributed by atoms with Gasteiger partial charge in [0, 0.05) is 17.8 Å². The number of anilines is 1. The van der Waals surface area contributed by atoms with Gasteiger partial charge >= 0.3 is 7.82 Å². The Bertz CT molecular complexity index is 379. The summed E-state index contributed by atoms with van der Waals surface area (Å²) in [7, 11) is -4.64. The van der Waals surface area contributed by atoms with Gasteiger partial charge in [-0.05, 0) is 12.1 Å². The Labute approximate surface area is 89.9 Å². The molecule has 1 aromatic rings. The molecule has 0 aliphatic heterocycles. The van der Waals surface area contributed by atoms with Crippen molar-refractivity contribution in [2.75, 3.05) is 5.43 Å². The van der Waals surface area contributed by atoms with Crippen LogP contribution in [-0.4, -0.2) is 19.6 Å². The maximum atomic E-state index is 10.2. The van der Waals surface area contributed by atoms with Crippen LogP contribution >= 0.6 is 7.82 Å². The first-order chi connectivity index (χ1) is 7.24. The Morgan fingerprint density at radius 2 is 1.62 bits per heavy atom. The van der Waals surface area contributed by atoms with Crippen molar-refractivity contribution in [2.45, 2.75) is 0 Å². The van der Waals surface area contributed by atoms with Crippen LogP contribution in [0.3, 0.4) is 0 Å². The molecular weight excluding hydrogens is 241 g/mol. The van der Waals surface area contributed by atoms with E-state index in [2.05, 4.69) is 5.43 Å². The molecule has 1 rings (SSSR count). The van der Waals surface area contributed by atoms with Crippen molar-refractivity contribution >= 4 is 19.2 Å². The first kappa shape index (κ1) is 14.5. The number of hydrazine groups is 1. The molecule has 16 heavy (non-hydrogen) atoms. The Morgan fingerprint density at radius 1 is 1.25 bits per heavy atom. The Hall–Kier alpha value is -1.51. The number of hydrogen-bond donors (Lipinski definition) is 5. The summed E-state index contributed by atoms with van der Waals surface area (Å²) in [4.78, 5) is 31.3. The molecule has 10 heteroatoms. The molecule has 0 saturated carbocycles. The second kappa shape index (κ2) is 6.16. The van der Waals surface area contributed by atoms with Gasteiger partial charge in [0.2, 0.25) is 0 Å². The zero-order valence-corrected chi connectivity index (χ0v) is 8.74. The molecule has 0 bridgehead atoms. The van der Waals surface area contributed by atoms with E-state index in [0.717, 1.165) is 0 Å². The van der Waals surface area contributed by atoms with E-state index in [4.69, 9.17) is 25.1 Å². The third kappa shape index (κ3) is 7.85. The predicted molar refractivity (Wildman–Crippen MR) is 55.2 cm³/mol. The van der Waals surface area contributed by atoms with Gasteiger partial charge in [0.05, 0.1) is 4.92 Å². The summed E-state index contributed by atoms with van der Waals surface area (Å²) in [5.41, 5.74) is 3.08. The van der Waals surface area contributed by atoms with Crippen LogP contribution in [0.1, 0.15) is 0 Å². The third-order valence-electron chi connectivity index (χ3n) is 1.24. The lowest BCUT2D eigenvalue weighted by Gasteiger charge is -1.96. The van der Waals surface area contributed by atoms with E-state index in [1.807, 2.05) is 0 Å². The van der Waals surface area contributed by atoms with Gasteiger partial charge in [-0.15, -0.1) is 0 Å². The van der Waals surface area contributed by atoms with Crippen LogP contribution in [0, 0.1) is 10.1 Å². The highest BCUT2D eigenvalue weighted by atomic mass is 31.2. The lowest BCUT2D eigenvalue weighted by Crippen LogP contribution is -2.06. The summed E-state index contributed by atoms with van der Waals surface area (Å²) < 4.78 is 8.88. The van der Waals surface area contributed by atoms with Gasteiger partial charge in [-0.3, -0.25) is 16.0 Å². The fourth-order valence-corrected chi connectivity index (χ4v) is 0.679. The standard InChI is InChI=1S/C6H7N3O2.H3O4P/c7-8-5-1-3-6(4-2-5)9(10)11;1-5(2,3)4/h1-4,8H,7H2;(H3,1,2,3,4). The fourth-order valence-electron chi connectivity index (χ4n) is 0.679. The molecule has 6 N–H and O–H groups in total. The first-order valence-corrected chi connectivity index (χ1v) is 5.30. The van der Waals surface area contributed by atoms with Crippen molar-refractivity contribution in [3.63, 3.8) is 0 Å². The quantitative estimate of drug-likeness (QED) is 0.212. The van der Waals surface area contributed by atoms with Crippen LogP contribution in [0.25, 0.3) is 0 Å². The number of non-ortho nitro benzene ring substituents is 1. The van der Waals surface area contributed by atoms with E-state index in [-0.39, 0.29) is 5.69 Å². The van der Waals surface area contributed by atoms with E-state index in [1.165, 1.54) is 24.3 Å². The van der Waals surface area contributed by atoms with E-state index in [0.29, 0.717) is 5.69 Å². The molecule has 9 nitrogen and oxygen atoms in total. The molecule has 0 spiro atoms. The van der Waals surface area contributed by atoms with Crippen molar-refractivity contribution in [1.29, 1.82) is 0 Å². The number of phosphoric acid groups is 1. The summed E-state index contributed by atoms with van der Waals surface area (Å²) >= 11 is 0. The smallest absolute Gasteiger partial charge is 0.324 e. The highest BCUT2D eigenvalue weighted by molar-refractivity contribution is 7.45. The van der Waals surface area contributed by atoms with Crippen LogP contribution in [0.5, 0.6) is 0 Å². The number of hydrogen-bond acceptors (Lipinski definition) is 5. The van der Waals surface area contributed by atoms with Crippen LogP contribution in [-0.2, 0) is 4.57 Å². The van der Waals surface area contributed by atoms with Crippen LogP contribution < -0.4 is 11.3 Å². The monoisotopic (exact) mass is 251 g/mol. The lowest BCUT2D eigenvalue weighted by atomic mass is 10.3. The molecule has 0 unspecified atom stereocenters. The van der Waals surface area contributed by atoms with Gasteiger partial charge in [0.25, 0.3) is 5.69 Å². The number of nitro groups is 1. The SMILES string of the molecule is NNc1ccc([N+](=O)[O-])cc1.O=P(O)(O)O. The number of nitrogens with two attached hydrogens (primary N) is 1. The number of rotatable bonds is 2. The van der Waals surface area contributed by atoms with Gasteiger partial charge in [-0.2, -0.15) is 0 Å². The van der Waals surface area contributed by atoms with E-state index in [9.17, 15) is 10.1 Å². The van der Waals surface area contributed by atoms with E-state index < -0.39 is 12.7 Å². The molecule has 1 aromatic carbocycles. The van der Waals surface area contributed by atoms with Crippen LogP contribution in [0.4, 0.5) is 11.4 Å². The summed E-state index contributed by atoms with van der Waals surface area (Å²) in [5, 5.41) is 10.2. The molecule has 90 valence electrons. The summed E-state index contributed by atoms with van der Waals surface area (Å²) in [5.74, 6) is 5.06. The van der Waals surface area contributed by atoms with Crippen LogP contribution in [0.2, 0.25) is 0 Å². The molecule has 0 fully saturated rings. The number of nitrogen functional groups attached to an aromatic ring is 1. The van der Waals surface area contributed by atoms with Gasteiger partial charge in [0.15, 0.2) is 0 Å². The van der Waals surface area contributed by atoms with E-state index in [1.54, 1.807) is 0 Å². The molecule has 0 atom stereocenters. The Morgan fingerprint density at radius 3 is 1.88 bits per heavy atom. The second-order valence-electron chi connectivity index (χ2n) is 2.46. The Kier molecular flexibility index (Phi) is 5.57.